The van der Waals surface area contributed by atoms with E-state index in [4.69, 9.17) is 33.7 Å². The molecule has 0 aromatic heterocycles. The zero-order valence-corrected chi connectivity index (χ0v) is 10.4. The van der Waals surface area contributed by atoms with Crippen LogP contribution in [0.3, 0.4) is 0 Å². The van der Waals surface area contributed by atoms with E-state index in [1.807, 2.05) is 19.1 Å². The van der Waals surface area contributed by atoms with Crippen molar-refractivity contribution in [2.75, 3.05) is 13.0 Å². The predicted octanol–water partition coefficient (Wildman–Crippen LogP) is 3.29. The van der Waals surface area contributed by atoms with E-state index in [0.717, 1.165) is 16.9 Å². The van der Waals surface area contributed by atoms with Gasteiger partial charge in [-0.25, -0.2) is 0 Å². The molecule has 0 fully saturated rings. The van der Waals surface area contributed by atoms with E-state index in [0.29, 0.717) is 17.3 Å². The summed E-state index contributed by atoms with van der Waals surface area (Å²) in [6.07, 6.45) is 0.706. The van der Waals surface area contributed by atoms with Gasteiger partial charge in [0.1, 0.15) is 5.75 Å². The number of hydrogen-bond donors (Lipinski definition) is 1. The summed E-state index contributed by atoms with van der Waals surface area (Å²) >= 11 is 11.6. The Hall–Kier alpha value is -0.440. The normalized spacial score (nSPS) is 12.6. The summed E-state index contributed by atoms with van der Waals surface area (Å²) in [6.45, 7) is 1.95. The van der Waals surface area contributed by atoms with E-state index in [1.165, 1.54) is 0 Å². The molecule has 84 valence electrons. The van der Waals surface area contributed by atoms with Gasteiger partial charge in [0.05, 0.1) is 7.11 Å². The molecule has 0 saturated carbocycles. The van der Waals surface area contributed by atoms with Crippen LogP contribution >= 0.6 is 23.2 Å². The van der Waals surface area contributed by atoms with Gasteiger partial charge >= 0.3 is 0 Å². The van der Waals surface area contributed by atoms with Crippen LogP contribution in [0, 0.1) is 6.92 Å². The Morgan fingerprint density at radius 2 is 2.13 bits per heavy atom. The third-order valence-corrected chi connectivity index (χ3v) is 2.73. The Morgan fingerprint density at radius 3 is 2.67 bits per heavy atom. The SMILES string of the molecule is COc1c(C)cc(Cl)cc1C(N)CCCl. The molecule has 0 spiro atoms. The molecule has 0 saturated heterocycles. The molecule has 4 heteroatoms. The first-order valence-electron chi connectivity index (χ1n) is 4.75. The smallest absolute Gasteiger partial charge is 0.126 e. The molecule has 0 heterocycles. The Balaban J connectivity index is 3.13. The Kier molecular flexibility index (Phi) is 4.71. The fourth-order valence-corrected chi connectivity index (χ4v) is 2.10. The van der Waals surface area contributed by atoms with Gasteiger partial charge in [-0.3, -0.25) is 0 Å². The molecule has 15 heavy (non-hydrogen) atoms. The lowest BCUT2D eigenvalue weighted by molar-refractivity contribution is 0.402. The van der Waals surface area contributed by atoms with Gasteiger partial charge in [0.25, 0.3) is 0 Å². The van der Waals surface area contributed by atoms with Gasteiger partial charge in [0.15, 0.2) is 0 Å². The summed E-state index contributed by atoms with van der Waals surface area (Å²) in [7, 11) is 1.63. The highest BCUT2D eigenvalue weighted by molar-refractivity contribution is 6.30. The number of rotatable bonds is 4. The zero-order chi connectivity index (χ0) is 11.4. The number of aryl methyl sites for hydroxylation is 1. The third-order valence-electron chi connectivity index (χ3n) is 2.29. The molecule has 2 N–H and O–H groups in total. The minimum Gasteiger partial charge on any atom is -0.496 e. The monoisotopic (exact) mass is 247 g/mol. The number of nitrogens with two attached hydrogens (primary N) is 1. The quantitative estimate of drug-likeness (QED) is 0.830. The standard InChI is InChI=1S/C11H15Cl2NO/c1-7-5-8(13)6-9(11(7)15-2)10(14)3-4-12/h5-6,10H,3-4,14H2,1-2H3. The summed E-state index contributed by atoms with van der Waals surface area (Å²) < 4.78 is 5.32. The molecule has 0 aliphatic heterocycles. The van der Waals surface area contributed by atoms with Crippen molar-refractivity contribution in [2.24, 2.45) is 5.73 Å². The van der Waals surface area contributed by atoms with Gasteiger partial charge in [-0.2, -0.15) is 0 Å². The average molecular weight is 248 g/mol. The highest BCUT2D eigenvalue weighted by Gasteiger charge is 2.14. The molecule has 0 aliphatic carbocycles. The summed E-state index contributed by atoms with van der Waals surface area (Å²) in [5.74, 6) is 1.33. The van der Waals surface area contributed by atoms with Crippen LogP contribution in [0.1, 0.15) is 23.6 Å². The second kappa shape index (κ2) is 5.59. The van der Waals surface area contributed by atoms with E-state index in [2.05, 4.69) is 0 Å². The third kappa shape index (κ3) is 3.00. The molecule has 0 radical (unpaired) electrons. The van der Waals surface area contributed by atoms with Crippen molar-refractivity contribution in [3.8, 4) is 5.75 Å². The van der Waals surface area contributed by atoms with E-state index in [9.17, 15) is 0 Å². The molecule has 1 atom stereocenters. The summed E-state index contributed by atoms with van der Waals surface area (Å²) in [4.78, 5) is 0. The number of hydrogen-bond acceptors (Lipinski definition) is 2. The molecular formula is C11H15Cl2NO. The zero-order valence-electron chi connectivity index (χ0n) is 8.89. The van der Waals surface area contributed by atoms with Gasteiger partial charge in [-0.05, 0) is 31.0 Å². The predicted molar refractivity (Wildman–Crippen MR) is 65.0 cm³/mol. The second-order valence-electron chi connectivity index (χ2n) is 3.43. The largest absolute Gasteiger partial charge is 0.496 e. The Bertz CT molecular complexity index is 342. The van der Waals surface area contributed by atoms with Gasteiger partial charge in [0, 0.05) is 22.5 Å². The lowest BCUT2D eigenvalue weighted by Crippen LogP contribution is -2.12. The van der Waals surface area contributed by atoms with Crippen molar-refractivity contribution in [1.29, 1.82) is 0 Å². The minimum atomic E-state index is -0.130. The Labute approximate surface area is 100 Å². The number of benzene rings is 1. The maximum absolute atomic E-state index is 6.00. The topological polar surface area (TPSA) is 35.2 Å². The van der Waals surface area contributed by atoms with Crippen LogP contribution in [0.4, 0.5) is 0 Å². The maximum Gasteiger partial charge on any atom is 0.126 e. The molecule has 0 aliphatic rings. The summed E-state index contributed by atoms with van der Waals surface area (Å²) in [5.41, 5.74) is 7.91. The second-order valence-corrected chi connectivity index (χ2v) is 4.24. The van der Waals surface area contributed by atoms with E-state index < -0.39 is 0 Å². The summed E-state index contributed by atoms with van der Waals surface area (Å²) in [6, 6.07) is 3.57. The average Bonchev–Trinajstić information content (AvgIpc) is 2.17. The molecule has 1 unspecified atom stereocenters. The molecule has 2 nitrogen and oxygen atoms in total. The van der Waals surface area contributed by atoms with E-state index in [1.54, 1.807) is 7.11 Å². The van der Waals surface area contributed by atoms with Crippen molar-refractivity contribution < 1.29 is 4.74 Å². The van der Waals surface area contributed by atoms with E-state index >= 15 is 0 Å². The van der Waals surface area contributed by atoms with Crippen molar-refractivity contribution in [2.45, 2.75) is 19.4 Å². The fourth-order valence-electron chi connectivity index (χ4n) is 1.58. The van der Waals surface area contributed by atoms with Gasteiger partial charge < -0.3 is 10.5 Å². The van der Waals surface area contributed by atoms with Crippen LogP contribution in [-0.4, -0.2) is 13.0 Å². The van der Waals surface area contributed by atoms with Crippen LogP contribution in [0.5, 0.6) is 5.75 Å². The molecular weight excluding hydrogens is 233 g/mol. The maximum atomic E-state index is 6.00. The molecule has 1 rings (SSSR count). The van der Waals surface area contributed by atoms with Crippen LogP contribution in [0.25, 0.3) is 0 Å². The van der Waals surface area contributed by atoms with Gasteiger partial charge in [-0.1, -0.05) is 11.6 Å². The fraction of sp³-hybridized carbons (Fsp3) is 0.455. The highest BCUT2D eigenvalue weighted by Crippen LogP contribution is 2.32. The first-order chi connectivity index (χ1) is 7.10. The number of methoxy groups -OCH3 is 1. The lowest BCUT2D eigenvalue weighted by Gasteiger charge is -2.17. The number of ether oxygens (including phenoxy) is 1. The molecule has 0 amide bonds. The van der Waals surface area contributed by atoms with Gasteiger partial charge in [-0.15, -0.1) is 11.6 Å². The van der Waals surface area contributed by atoms with Crippen molar-refractivity contribution in [1.82, 2.24) is 0 Å². The van der Waals surface area contributed by atoms with Crippen LogP contribution in [0.2, 0.25) is 5.02 Å². The van der Waals surface area contributed by atoms with E-state index in [-0.39, 0.29) is 6.04 Å². The van der Waals surface area contributed by atoms with Crippen LogP contribution < -0.4 is 10.5 Å². The van der Waals surface area contributed by atoms with Crippen LogP contribution in [0.15, 0.2) is 12.1 Å². The molecule has 1 aromatic rings. The Morgan fingerprint density at radius 1 is 1.47 bits per heavy atom. The highest BCUT2D eigenvalue weighted by atomic mass is 35.5. The summed E-state index contributed by atoms with van der Waals surface area (Å²) in [5, 5.41) is 0.674. The lowest BCUT2D eigenvalue weighted by atomic mass is 10.0. The van der Waals surface area contributed by atoms with Crippen LogP contribution in [-0.2, 0) is 0 Å². The molecule has 0 bridgehead atoms. The van der Waals surface area contributed by atoms with Crippen molar-refractivity contribution >= 4 is 23.2 Å². The minimum absolute atomic E-state index is 0.130. The van der Waals surface area contributed by atoms with Gasteiger partial charge in [0.2, 0.25) is 0 Å². The first kappa shape index (κ1) is 12.6. The van der Waals surface area contributed by atoms with Crippen molar-refractivity contribution in [3.63, 3.8) is 0 Å². The number of alkyl halides is 1. The number of halogens is 2. The van der Waals surface area contributed by atoms with Crippen molar-refractivity contribution in [3.05, 3.63) is 28.3 Å². The first-order valence-corrected chi connectivity index (χ1v) is 5.67. The molecule has 1 aromatic carbocycles.